The predicted molar refractivity (Wildman–Crippen MR) is 58.9 cm³/mol. The first-order valence-electron chi connectivity index (χ1n) is 5.13. The molecule has 0 aliphatic rings. The Bertz CT molecular complexity index is 384. The van der Waals surface area contributed by atoms with E-state index < -0.39 is 0 Å². The number of amides is 1. The lowest BCUT2D eigenvalue weighted by Crippen LogP contribution is -2.32. The van der Waals surface area contributed by atoms with Crippen molar-refractivity contribution in [1.82, 2.24) is 10.3 Å². The number of rotatable bonds is 4. The molecule has 0 bridgehead atoms. The predicted octanol–water partition coefficient (Wildman–Crippen LogP) is 1.29. The van der Waals surface area contributed by atoms with E-state index in [1.54, 1.807) is 6.07 Å². The van der Waals surface area contributed by atoms with Crippen LogP contribution in [0.3, 0.4) is 0 Å². The van der Waals surface area contributed by atoms with Crippen molar-refractivity contribution < 1.29 is 4.79 Å². The Kier molecular flexibility index (Phi) is 4.09. The van der Waals surface area contributed by atoms with Crippen LogP contribution in [-0.4, -0.2) is 16.9 Å². The third-order valence-corrected chi connectivity index (χ3v) is 2.14. The zero-order valence-corrected chi connectivity index (χ0v) is 9.04. The van der Waals surface area contributed by atoms with E-state index in [2.05, 4.69) is 17.2 Å². The molecule has 0 spiro atoms. The van der Waals surface area contributed by atoms with Gasteiger partial charge in [-0.05, 0) is 19.4 Å². The average Bonchev–Trinajstić information content (AvgIpc) is 2.18. The SMILES string of the molecule is CCCC(C)NC(=O)c1cc[nH]c(=O)c1. The Labute approximate surface area is 88.7 Å². The van der Waals surface area contributed by atoms with E-state index in [1.165, 1.54) is 12.3 Å². The van der Waals surface area contributed by atoms with Crippen LogP contribution in [0.25, 0.3) is 0 Å². The van der Waals surface area contributed by atoms with Gasteiger partial charge in [-0.2, -0.15) is 0 Å². The molecule has 1 unspecified atom stereocenters. The molecule has 0 aliphatic carbocycles. The fourth-order valence-electron chi connectivity index (χ4n) is 1.40. The maximum Gasteiger partial charge on any atom is 0.251 e. The minimum atomic E-state index is -0.259. The van der Waals surface area contributed by atoms with Gasteiger partial charge in [-0.3, -0.25) is 9.59 Å². The van der Waals surface area contributed by atoms with E-state index in [0.29, 0.717) is 5.56 Å². The van der Waals surface area contributed by atoms with Crippen LogP contribution in [0.1, 0.15) is 37.0 Å². The summed E-state index contributed by atoms with van der Waals surface area (Å²) < 4.78 is 0. The molecule has 0 aliphatic heterocycles. The summed E-state index contributed by atoms with van der Waals surface area (Å²) in [6.45, 7) is 4.02. The Balaban J connectivity index is 2.65. The summed E-state index contributed by atoms with van der Waals surface area (Å²) >= 11 is 0. The molecule has 1 aromatic rings. The molecule has 4 heteroatoms. The smallest absolute Gasteiger partial charge is 0.251 e. The van der Waals surface area contributed by atoms with Crippen LogP contribution >= 0.6 is 0 Å². The first kappa shape index (κ1) is 11.5. The highest BCUT2D eigenvalue weighted by Crippen LogP contribution is 1.98. The van der Waals surface area contributed by atoms with Crippen LogP contribution in [0.5, 0.6) is 0 Å². The Morgan fingerprint density at radius 2 is 2.33 bits per heavy atom. The summed E-state index contributed by atoms with van der Waals surface area (Å²) in [6, 6.07) is 3.03. The van der Waals surface area contributed by atoms with Crippen molar-refractivity contribution in [3.63, 3.8) is 0 Å². The van der Waals surface area contributed by atoms with Crippen molar-refractivity contribution >= 4 is 5.91 Å². The number of H-pyrrole nitrogens is 1. The standard InChI is InChI=1S/C11H16N2O2/c1-3-4-8(2)13-11(15)9-5-6-12-10(14)7-9/h5-8H,3-4H2,1-2H3,(H,12,14)(H,13,15). The van der Waals surface area contributed by atoms with Crippen LogP contribution in [0, 0.1) is 0 Å². The van der Waals surface area contributed by atoms with Gasteiger partial charge in [0, 0.05) is 23.9 Å². The van der Waals surface area contributed by atoms with Gasteiger partial charge in [0.1, 0.15) is 0 Å². The number of carbonyl (C=O) groups excluding carboxylic acids is 1. The maximum atomic E-state index is 11.6. The van der Waals surface area contributed by atoms with Crippen LogP contribution in [-0.2, 0) is 0 Å². The number of aromatic amines is 1. The lowest BCUT2D eigenvalue weighted by Gasteiger charge is -2.12. The lowest BCUT2D eigenvalue weighted by molar-refractivity contribution is 0.0938. The van der Waals surface area contributed by atoms with Gasteiger partial charge in [0.2, 0.25) is 5.56 Å². The highest BCUT2D eigenvalue weighted by atomic mass is 16.2. The highest BCUT2D eigenvalue weighted by Gasteiger charge is 2.08. The van der Waals surface area contributed by atoms with E-state index in [4.69, 9.17) is 0 Å². The number of hydrogen-bond donors (Lipinski definition) is 2. The third-order valence-electron chi connectivity index (χ3n) is 2.14. The van der Waals surface area contributed by atoms with Gasteiger partial charge >= 0.3 is 0 Å². The van der Waals surface area contributed by atoms with E-state index in [9.17, 15) is 9.59 Å². The van der Waals surface area contributed by atoms with Gasteiger partial charge in [0.15, 0.2) is 0 Å². The summed E-state index contributed by atoms with van der Waals surface area (Å²) in [4.78, 5) is 25.1. The van der Waals surface area contributed by atoms with Crippen LogP contribution in [0.4, 0.5) is 0 Å². The van der Waals surface area contributed by atoms with Crippen molar-refractivity contribution in [1.29, 1.82) is 0 Å². The average molecular weight is 208 g/mol. The molecule has 4 nitrogen and oxygen atoms in total. The summed E-state index contributed by atoms with van der Waals surface area (Å²) in [5.41, 5.74) is 0.146. The molecular formula is C11H16N2O2. The van der Waals surface area contributed by atoms with E-state index in [1.807, 2.05) is 6.92 Å². The molecule has 1 heterocycles. The second-order valence-electron chi connectivity index (χ2n) is 3.60. The molecule has 1 amide bonds. The van der Waals surface area contributed by atoms with E-state index in [-0.39, 0.29) is 17.5 Å². The normalized spacial score (nSPS) is 12.1. The second kappa shape index (κ2) is 5.34. The summed E-state index contributed by atoms with van der Waals surface area (Å²) in [6.07, 6.45) is 3.44. The molecule has 1 aromatic heterocycles. The topological polar surface area (TPSA) is 62.0 Å². The summed E-state index contributed by atoms with van der Waals surface area (Å²) in [7, 11) is 0. The van der Waals surface area contributed by atoms with E-state index >= 15 is 0 Å². The molecule has 0 fully saturated rings. The number of hydrogen-bond acceptors (Lipinski definition) is 2. The van der Waals surface area contributed by atoms with Crippen molar-refractivity contribution in [2.24, 2.45) is 0 Å². The molecule has 1 rings (SSSR count). The largest absolute Gasteiger partial charge is 0.350 e. The lowest BCUT2D eigenvalue weighted by atomic mass is 10.2. The minimum Gasteiger partial charge on any atom is -0.350 e. The van der Waals surface area contributed by atoms with Gasteiger partial charge < -0.3 is 10.3 Å². The first-order valence-corrected chi connectivity index (χ1v) is 5.13. The van der Waals surface area contributed by atoms with E-state index in [0.717, 1.165) is 12.8 Å². The first-order chi connectivity index (χ1) is 7.13. The van der Waals surface area contributed by atoms with Crippen LogP contribution in [0.2, 0.25) is 0 Å². The van der Waals surface area contributed by atoms with Gasteiger partial charge in [-0.25, -0.2) is 0 Å². The zero-order valence-electron chi connectivity index (χ0n) is 9.04. The molecular weight excluding hydrogens is 192 g/mol. The number of nitrogens with one attached hydrogen (secondary N) is 2. The Morgan fingerprint density at radius 1 is 1.60 bits per heavy atom. The molecule has 15 heavy (non-hydrogen) atoms. The molecule has 0 saturated heterocycles. The second-order valence-corrected chi connectivity index (χ2v) is 3.60. The fourth-order valence-corrected chi connectivity index (χ4v) is 1.40. The quantitative estimate of drug-likeness (QED) is 0.783. The zero-order chi connectivity index (χ0) is 11.3. The Hall–Kier alpha value is -1.58. The molecule has 1 atom stereocenters. The maximum absolute atomic E-state index is 11.6. The van der Waals surface area contributed by atoms with Crippen molar-refractivity contribution in [2.45, 2.75) is 32.7 Å². The number of pyridine rings is 1. The van der Waals surface area contributed by atoms with Crippen molar-refractivity contribution in [2.75, 3.05) is 0 Å². The Morgan fingerprint density at radius 3 is 2.93 bits per heavy atom. The molecule has 82 valence electrons. The fraction of sp³-hybridized carbons (Fsp3) is 0.455. The number of aromatic nitrogens is 1. The molecule has 2 N–H and O–H groups in total. The van der Waals surface area contributed by atoms with Gasteiger partial charge in [0.05, 0.1) is 0 Å². The van der Waals surface area contributed by atoms with Crippen molar-refractivity contribution in [3.05, 3.63) is 34.2 Å². The number of carbonyl (C=O) groups is 1. The molecule has 0 aromatic carbocycles. The molecule has 0 saturated carbocycles. The van der Waals surface area contributed by atoms with Gasteiger partial charge in [0.25, 0.3) is 5.91 Å². The van der Waals surface area contributed by atoms with Crippen LogP contribution < -0.4 is 10.9 Å². The highest BCUT2D eigenvalue weighted by molar-refractivity contribution is 5.94. The van der Waals surface area contributed by atoms with Crippen molar-refractivity contribution in [3.8, 4) is 0 Å². The third kappa shape index (κ3) is 3.58. The van der Waals surface area contributed by atoms with Gasteiger partial charge in [-0.1, -0.05) is 13.3 Å². The minimum absolute atomic E-state index is 0.141. The van der Waals surface area contributed by atoms with Crippen LogP contribution in [0.15, 0.2) is 23.1 Å². The summed E-state index contributed by atoms with van der Waals surface area (Å²) in [5.74, 6) is -0.193. The molecule has 0 radical (unpaired) electrons. The van der Waals surface area contributed by atoms with Gasteiger partial charge in [-0.15, -0.1) is 0 Å². The summed E-state index contributed by atoms with van der Waals surface area (Å²) in [5, 5.41) is 2.83. The monoisotopic (exact) mass is 208 g/mol.